The molecule has 2 rings (SSSR count). The van der Waals surface area contributed by atoms with Crippen LogP contribution in [0.15, 0.2) is 0 Å². The van der Waals surface area contributed by atoms with Gasteiger partial charge in [0, 0.05) is 6.04 Å². The minimum Gasteiger partial charge on any atom is -0.394 e. The third-order valence-electron chi connectivity index (χ3n) is 3.51. The lowest BCUT2D eigenvalue weighted by atomic mass is 10.1. The Morgan fingerprint density at radius 3 is 2.71 bits per heavy atom. The number of nitrogens with zero attached hydrogens (tertiary/aromatic N) is 2. The van der Waals surface area contributed by atoms with Crippen LogP contribution in [0.4, 0.5) is 11.5 Å². The Labute approximate surface area is 103 Å². The molecule has 0 aromatic carbocycles. The molecule has 4 nitrogen and oxygen atoms in total. The van der Waals surface area contributed by atoms with Gasteiger partial charge in [-0.3, -0.25) is 0 Å². The Morgan fingerprint density at radius 1 is 1.35 bits per heavy atom. The van der Waals surface area contributed by atoms with Gasteiger partial charge in [0.15, 0.2) is 5.82 Å². The number of aromatic nitrogens is 2. The largest absolute Gasteiger partial charge is 0.394 e. The summed E-state index contributed by atoms with van der Waals surface area (Å²) in [6.07, 6.45) is 4.57. The highest BCUT2D eigenvalue weighted by Crippen LogP contribution is 2.29. The van der Waals surface area contributed by atoms with Crippen LogP contribution in [-0.4, -0.2) is 16.0 Å². The summed E-state index contributed by atoms with van der Waals surface area (Å²) in [6, 6.07) is 0.520. The number of nitrogens with two attached hydrogens (primary N) is 1. The van der Waals surface area contributed by atoms with Gasteiger partial charge >= 0.3 is 0 Å². The topological polar surface area (TPSA) is 63.8 Å². The molecule has 1 aromatic heterocycles. The summed E-state index contributed by atoms with van der Waals surface area (Å²) < 4.78 is 0. The van der Waals surface area contributed by atoms with Crippen molar-refractivity contribution >= 4 is 11.5 Å². The fourth-order valence-electron chi connectivity index (χ4n) is 2.55. The van der Waals surface area contributed by atoms with Gasteiger partial charge in [0.05, 0.1) is 11.4 Å². The number of anilines is 2. The number of hydrogen-bond donors (Lipinski definition) is 2. The number of aryl methyl sites for hydroxylation is 2. The van der Waals surface area contributed by atoms with Gasteiger partial charge in [0.25, 0.3) is 0 Å². The Bertz CT molecular complexity index is 403. The van der Waals surface area contributed by atoms with Crippen molar-refractivity contribution in [3.8, 4) is 0 Å². The van der Waals surface area contributed by atoms with Crippen molar-refractivity contribution in [3.63, 3.8) is 0 Å². The monoisotopic (exact) mass is 234 g/mol. The second-order valence-corrected chi connectivity index (χ2v) is 5.09. The maximum absolute atomic E-state index is 6.09. The molecule has 0 spiro atoms. The van der Waals surface area contributed by atoms with Gasteiger partial charge in [0.1, 0.15) is 5.82 Å². The second-order valence-electron chi connectivity index (χ2n) is 5.09. The lowest BCUT2D eigenvalue weighted by Gasteiger charge is -2.16. The number of nitrogen functional groups attached to an aromatic ring is 1. The molecule has 94 valence electrons. The molecule has 4 heteroatoms. The fourth-order valence-corrected chi connectivity index (χ4v) is 2.55. The van der Waals surface area contributed by atoms with E-state index in [4.69, 9.17) is 5.73 Å². The molecule has 1 aliphatic rings. The Morgan fingerprint density at radius 2 is 2.12 bits per heavy atom. The summed E-state index contributed by atoms with van der Waals surface area (Å²) in [6.45, 7) is 6.29. The lowest BCUT2D eigenvalue weighted by Crippen LogP contribution is -2.19. The minimum atomic E-state index is 0.520. The summed E-state index contributed by atoms with van der Waals surface area (Å²) in [7, 11) is 0. The summed E-state index contributed by atoms with van der Waals surface area (Å²) in [5.41, 5.74) is 7.76. The quantitative estimate of drug-likeness (QED) is 0.843. The van der Waals surface area contributed by atoms with Gasteiger partial charge in [-0.2, -0.15) is 0 Å². The van der Waals surface area contributed by atoms with E-state index < -0.39 is 0 Å². The molecule has 3 N–H and O–H groups in total. The zero-order valence-corrected chi connectivity index (χ0v) is 11.0. The predicted octanol–water partition coefficient (Wildman–Crippen LogP) is 2.53. The van der Waals surface area contributed by atoms with Crippen LogP contribution in [0.2, 0.25) is 0 Å². The summed E-state index contributed by atoms with van der Waals surface area (Å²) in [4.78, 5) is 8.79. The molecule has 0 aliphatic heterocycles. The molecular weight excluding hydrogens is 212 g/mol. The molecule has 17 heavy (non-hydrogen) atoms. The van der Waals surface area contributed by atoms with Crippen molar-refractivity contribution in [1.29, 1.82) is 0 Å². The van der Waals surface area contributed by atoms with Crippen molar-refractivity contribution in [1.82, 2.24) is 9.97 Å². The van der Waals surface area contributed by atoms with Gasteiger partial charge < -0.3 is 11.1 Å². The molecule has 1 aliphatic carbocycles. The van der Waals surface area contributed by atoms with E-state index in [-0.39, 0.29) is 0 Å². The smallest absolute Gasteiger partial charge is 0.153 e. The average molecular weight is 234 g/mol. The molecular formula is C13H22N4. The average Bonchev–Trinajstić information content (AvgIpc) is 2.69. The van der Waals surface area contributed by atoms with Crippen molar-refractivity contribution in [3.05, 3.63) is 11.5 Å². The molecule has 1 heterocycles. The van der Waals surface area contributed by atoms with E-state index in [1.54, 1.807) is 0 Å². The van der Waals surface area contributed by atoms with Crippen LogP contribution >= 0.6 is 0 Å². The Hall–Kier alpha value is -1.32. The van der Waals surface area contributed by atoms with Crippen molar-refractivity contribution in [2.24, 2.45) is 5.92 Å². The molecule has 0 radical (unpaired) electrons. The van der Waals surface area contributed by atoms with Crippen LogP contribution in [0.1, 0.15) is 44.6 Å². The minimum absolute atomic E-state index is 0.520. The van der Waals surface area contributed by atoms with E-state index in [9.17, 15) is 0 Å². The standard InChI is InChI=1S/C13H22N4/c1-4-11-12(14)13(16-9(3)15-11)17-10-6-5-8(2)7-10/h8,10H,4-7,14H2,1-3H3,(H,15,16,17). The van der Waals surface area contributed by atoms with E-state index in [1.165, 1.54) is 19.3 Å². The molecule has 0 bridgehead atoms. The predicted molar refractivity (Wildman–Crippen MR) is 71.0 cm³/mol. The van der Waals surface area contributed by atoms with Crippen LogP contribution in [0.25, 0.3) is 0 Å². The van der Waals surface area contributed by atoms with E-state index in [2.05, 4.69) is 29.1 Å². The van der Waals surface area contributed by atoms with Crippen LogP contribution in [-0.2, 0) is 6.42 Å². The molecule has 0 amide bonds. The summed E-state index contributed by atoms with van der Waals surface area (Å²) in [5.74, 6) is 2.43. The van der Waals surface area contributed by atoms with Gasteiger partial charge in [-0.1, -0.05) is 13.8 Å². The molecule has 0 saturated heterocycles. The molecule has 1 saturated carbocycles. The van der Waals surface area contributed by atoms with E-state index in [1.807, 2.05) is 6.92 Å². The van der Waals surface area contributed by atoms with Crippen LogP contribution in [0.5, 0.6) is 0 Å². The van der Waals surface area contributed by atoms with Crippen molar-refractivity contribution in [2.75, 3.05) is 11.1 Å². The first-order valence-corrected chi connectivity index (χ1v) is 6.49. The third kappa shape index (κ3) is 2.68. The van der Waals surface area contributed by atoms with Gasteiger partial charge in [0.2, 0.25) is 0 Å². The molecule has 1 fully saturated rings. The van der Waals surface area contributed by atoms with Gasteiger partial charge in [-0.15, -0.1) is 0 Å². The normalized spacial score (nSPS) is 23.9. The number of nitrogens with one attached hydrogen (secondary N) is 1. The molecule has 2 atom stereocenters. The van der Waals surface area contributed by atoms with E-state index >= 15 is 0 Å². The first-order valence-electron chi connectivity index (χ1n) is 6.49. The highest BCUT2D eigenvalue weighted by Gasteiger charge is 2.22. The third-order valence-corrected chi connectivity index (χ3v) is 3.51. The van der Waals surface area contributed by atoms with E-state index in [0.29, 0.717) is 6.04 Å². The van der Waals surface area contributed by atoms with Crippen LogP contribution in [0.3, 0.4) is 0 Å². The van der Waals surface area contributed by atoms with Crippen LogP contribution < -0.4 is 11.1 Å². The van der Waals surface area contributed by atoms with E-state index in [0.717, 1.165) is 35.4 Å². The highest BCUT2D eigenvalue weighted by molar-refractivity contribution is 5.64. The second kappa shape index (κ2) is 4.90. The number of hydrogen-bond acceptors (Lipinski definition) is 4. The van der Waals surface area contributed by atoms with Crippen molar-refractivity contribution in [2.45, 2.75) is 52.5 Å². The molecule has 2 unspecified atom stereocenters. The van der Waals surface area contributed by atoms with Gasteiger partial charge in [-0.25, -0.2) is 9.97 Å². The van der Waals surface area contributed by atoms with Gasteiger partial charge in [-0.05, 0) is 38.5 Å². The first kappa shape index (κ1) is 12.1. The highest BCUT2D eigenvalue weighted by atomic mass is 15.1. The number of rotatable bonds is 3. The Kier molecular flexibility index (Phi) is 3.50. The lowest BCUT2D eigenvalue weighted by molar-refractivity contribution is 0.602. The maximum Gasteiger partial charge on any atom is 0.153 e. The summed E-state index contributed by atoms with van der Waals surface area (Å²) >= 11 is 0. The SMILES string of the molecule is CCc1nc(C)nc(NC2CCC(C)C2)c1N. The molecule has 1 aromatic rings. The maximum atomic E-state index is 6.09. The van der Waals surface area contributed by atoms with Crippen molar-refractivity contribution < 1.29 is 0 Å². The first-order chi connectivity index (χ1) is 8.10. The zero-order chi connectivity index (χ0) is 12.4. The fraction of sp³-hybridized carbons (Fsp3) is 0.692. The summed E-state index contributed by atoms with van der Waals surface area (Å²) in [5, 5.41) is 3.48. The van der Waals surface area contributed by atoms with Crippen LogP contribution in [0, 0.1) is 12.8 Å². The Balaban J connectivity index is 2.17. The zero-order valence-electron chi connectivity index (χ0n) is 11.0.